The number of methoxy groups -OCH3 is 1. The number of hydrogen-bond donors (Lipinski definition) is 3. The summed E-state index contributed by atoms with van der Waals surface area (Å²) in [7, 11) is 1.35. The topological polar surface area (TPSA) is 95.9 Å². The van der Waals surface area contributed by atoms with E-state index in [0.717, 1.165) is 16.7 Å². The molecule has 1 amide bonds. The van der Waals surface area contributed by atoms with Gasteiger partial charge in [-0.2, -0.15) is 0 Å². The molecule has 0 saturated heterocycles. The lowest BCUT2D eigenvalue weighted by Gasteiger charge is -2.12. The van der Waals surface area contributed by atoms with Gasteiger partial charge in [0.25, 0.3) is 0 Å². The van der Waals surface area contributed by atoms with Crippen LogP contribution in [-0.2, 0) is 9.53 Å². The van der Waals surface area contributed by atoms with Crippen molar-refractivity contribution in [3.05, 3.63) is 59.7 Å². The monoisotopic (exact) mass is 357 g/mol. The first-order valence-corrected chi connectivity index (χ1v) is 8.45. The molecule has 3 N–H and O–H groups in total. The zero-order chi connectivity index (χ0) is 18.9. The molecule has 6 nitrogen and oxygen atoms in total. The number of benzene rings is 2. The number of aliphatic hydroxyl groups excluding tert-OH is 1. The molecule has 1 atom stereocenters. The minimum Gasteiger partial charge on any atom is -0.465 e. The van der Waals surface area contributed by atoms with Crippen molar-refractivity contribution < 1.29 is 24.6 Å². The number of esters is 1. The van der Waals surface area contributed by atoms with E-state index in [1.54, 1.807) is 17.6 Å². The molecule has 0 fully saturated rings. The van der Waals surface area contributed by atoms with Gasteiger partial charge in [0.1, 0.15) is 0 Å². The van der Waals surface area contributed by atoms with Crippen molar-refractivity contribution in [1.29, 1.82) is 0 Å². The lowest BCUT2D eigenvalue weighted by Crippen LogP contribution is -2.17. The Hall–Kier alpha value is -2.70. The second-order valence-corrected chi connectivity index (χ2v) is 5.99. The summed E-state index contributed by atoms with van der Waals surface area (Å²) in [5.41, 5.74) is 4.85. The van der Waals surface area contributed by atoms with E-state index in [0.29, 0.717) is 24.8 Å². The fourth-order valence-corrected chi connectivity index (χ4v) is 2.66. The minimum atomic E-state index is -0.595. The van der Waals surface area contributed by atoms with Gasteiger partial charge in [-0.1, -0.05) is 42.8 Å². The lowest BCUT2D eigenvalue weighted by atomic mass is 9.98. The maximum absolute atomic E-state index is 11.5. The van der Waals surface area contributed by atoms with E-state index < -0.39 is 12.0 Å². The molecule has 0 saturated carbocycles. The number of rotatable bonds is 8. The van der Waals surface area contributed by atoms with Crippen LogP contribution < -0.4 is 5.48 Å². The highest BCUT2D eigenvalue weighted by Gasteiger charge is 2.09. The number of hydroxylamine groups is 1. The third kappa shape index (κ3) is 5.40. The Morgan fingerprint density at radius 2 is 1.58 bits per heavy atom. The fourth-order valence-electron chi connectivity index (χ4n) is 2.66. The van der Waals surface area contributed by atoms with Crippen molar-refractivity contribution in [2.45, 2.75) is 31.8 Å². The van der Waals surface area contributed by atoms with E-state index >= 15 is 0 Å². The third-order valence-electron chi connectivity index (χ3n) is 4.19. The van der Waals surface area contributed by atoms with Crippen LogP contribution in [0.1, 0.15) is 47.7 Å². The Balaban J connectivity index is 1.92. The van der Waals surface area contributed by atoms with Crippen molar-refractivity contribution >= 4 is 11.9 Å². The molecule has 2 aromatic carbocycles. The first kappa shape index (κ1) is 19.6. The highest BCUT2D eigenvalue weighted by molar-refractivity contribution is 5.89. The molecular weight excluding hydrogens is 334 g/mol. The summed E-state index contributed by atoms with van der Waals surface area (Å²) in [5, 5.41) is 18.7. The molecule has 0 aliphatic heterocycles. The molecule has 2 rings (SSSR count). The quantitative estimate of drug-likeness (QED) is 0.292. The van der Waals surface area contributed by atoms with Crippen LogP contribution >= 0.6 is 0 Å². The summed E-state index contributed by atoms with van der Waals surface area (Å²) >= 11 is 0. The molecular formula is C20H23NO5. The van der Waals surface area contributed by atoms with Gasteiger partial charge < -0.3 is 9.84 Å². The van der Waals surface area contributed by atoms with Crippen LogP contribution in [-0.4, -0.2) is 29.3 Å². The second-order valence-electron chi connectivity index (χ2n) is 5.99. The van der Waals surface area contributed by atoms with Gasteiger partial charge in [0, 0.05) is 6.42 Å². The molecule has 0 heterocycles. The zero-order valence-corrected chi connectivity index (χ0v) is 14.6. The van der Waals surface area contributed by atoms with Crippen LogP contribution in [0.2, 0.25) is 0 Å². The van der Waals surface area contributed by atoms with Crippen molar-refractivity contribution in [3.8, 4) is 11.1 Å². The summed E-state index contributed by atoms with van der Waals surface area (Å²) in [4.78, 5) is 22.4. The van der Waals surface area contributed by atoms with Crippen molar-refractivity contribution in [1.82, 2.24) is 5.48 Å². The molecule has 0 spiro atoms. The van der Waals surface area contributed by atoms with Gasteiger partial charge in [0.2, 0.25) is 5.91 Å². The van der Waals surface area contributed by atoms with Gasteiger partial charge in [-0.25, -0.2) is 10.3 Å². The maximum atomic E-state index is 11.5. The molecule has 138 valence electrons. The Morgan fingerprint density at radius 3 is 2.12 bits per heavy atom. The summed E-state index contributed by atoms with van der Waals surface area (Å²) in [6, 6.07) is 14.7. The number of amides is 1. The average Bonchev–Trinajstić information content (AvgIpc) is 2.70. The largest absolute Gasteiger partial charge is 0.465 e. The van der Waals surface area contributed by atoms with E-state index in [1.165, 1.54) is 7.11 Å². The summed E-state index contributed by atoms with van der Waals surface area (Å²) < 4.78 is 4.68. The van der Waals surface area contributed by atoms with Crippen LogP contribution in [0.15, 0.2) is 48.5 Å². The van der Waals surface area contributed by atoms with Crippen molar-refractivity contribution in [2.24, 2.45) is 0 Å². The Kier molecular flexibility index (Phi) is 7.32. The van der Waals surface area contributed by atoms with Crippen LogP contribution in [0.5, 0.6) is 0 Å². The number of nitrogens with one attached hydrogen (secondary N) is 1. The molecule has 0 aliphatic carbocycles. The molecule has 6 heteroatoms. The highest BCUT2D eigenvalue weighted by atomic mass is 16.5. The zero-order valence-electron chi connectivity index (χ0n) is 14.6. The van der Waals surface area contributed by atoms with Crippen LogP contribution in [0.4, 0.5) is 0 Å². The summed E-state index contributed by atoms with van der Waals surface area (Å²) in [6.07, 6.45) is 1.48. The van der Waals surface area contributed by atoms with Gasteiger partial charge in [-0.3, -0.25) is 10.0 Å². The van der Waals surface area contributed by atoms with E-state index in [4.69, 9.17) is 5.21 Å². The van der Waals surface area contributed by atoms with Crippen molar-refractivity contribution in [3.63, 3.8) is 0 Å². The second kappa shape index (κ2) is 9.70. The SMILES string of the molecule is COC(=O)c1ccc(-c2ccc([C@H](O)CCCCC(=O)NO)cc2)cc1. The predicted molar refractivity (Wildman–Crippen MR) is 96.6 cm³/mol. The van der Waals surface area contributed by atoms with Gasteiger partial charge in [0.05, 0.1) is 18.8 Å². The van der Waals surface area contributed by atoms with E-state index in [2.05, 4.69) is 4.74 Å². The van der Waals surface area contributed by atoms with E-state index in [9.17, 15) is 14.7 Å². The molecule has 0 aromatic heterocycles. The third-order valence-corrected chi connectivity index (χ3v) is 4.19. The molecule has 2 aromatic rings. The molecule has 26 heavy (non-hydrogen) atoms. The summed E-state index contributed by atoms with van der Waals surface area (Å²) in [6.45, 7) is 0. The Morgan fingerprint density at radius 1 is 1.00 bits per heavy atom. The fraction of sp³-hybridized carbons (Fsp3) is 0.300. The molecule has 0 aliphatic rings. The number of aliphatic hydroxyl groups is 1. The first-order valence-electron chi connectivity index (χ1n) is 8.45. The number of carbonyl (C=O) groups excluding carboxylic acids is 2. The van der Waals surface area contributed by atoms with Crippen LogP contribution in [0, 0.1) is 0 Å². The van der Waals surface area contributed by atoms with Crippen molar-refractivity contribution in [2.75, 3.05) is 7.11 Å². The number of hydrogen-bond acceptors (Lipinski definition) is 5. The normalized spacial score (nSPS) is 11.7. The van der Waals surface area contributed by atoms with Gasteiger partial charge in [-0.15, -0.1) is 0 Å². The molecule has 0 bridgehead atoms. The Labute approximate surface area is 152 Å². The van der Waals surface area contributed by atoms with Gasteiger partial charge in [-0.05, 0) is 41.7 Å². The number of ether oxygens (including phenoxy) is 1. The van der Waals surface area contributed by atoms with Crippen LogP contribution in [0.3, 0.4) is 0 Å². The molecule has 0 radical (unpaired) electrons. The Bertz CT molecular complexity index is 725. The van der Waals surface area contributed by atoms with Crippen LogP contribution in [0.25, 0.3) is 11.1 Å². The average molecular weight is 357 g/mol. The van der Waals surface area contributed by atoms with E-state index in [1.807, 2.05) is 36.4 Å². The first-order chi connectivity index (χ1) is 12.5. The van der Waals surface area contributed by atoms with Gasteiger partial charge >= 0.3 is 5.97 Å². The minimum absolute atomic E-state index is 0.240. The number of carbonyl (C=O) groups is 2. The predicted octanol–water partition coefficient (Wildman–Crippen LogP) is 3.24. The smallest absolute Gasteiger partial charge is 0.337 e. The highest BCUT2D eigenvalue weighted by Crippen LogP contribution is 2.25. The van der Waals surface area contributed by atoms with Gasteiger partial charge in [0.15, 0.2) is 0 Å². The van der Waals surface area contributed by atoms with E-state index in [-0.39, 0.29) is 12.4 Å². The summed E-state index contributed by atoms with van der Waals surface area (Å²) in [5.74, 6) is -0.784. The molecule has 0 unspecified atom stereocenters. The maximum Gasteiger partial charge on any atom is 0.337 e. The standard InChI is InChI=1S/C20H23NO5/c1-26-20(24)17-12-8-15(9-13-17)14-6-10-16(11-7-14)18(22)4-2-3-5-19(23)21-25/h6-13,18,22,25H,2-5H2,1H3,(H,21,23)/t18-/m1/s1. The number of unbranched alkanes of at least 4 members (excludes halogenated alkanes) is 1. The lowest BCUT2D eigenvalue weighted by molar-refractivity contribution is -0.129.